The first-order valence-electron chi connectivity index (χ1n) is 10.8. The van der Waals surface area contributed by atoms with Gasteiger partial charge >= 0.3 is 0 Å². The quantitative estimate of drug-likeness (QED) is 0.592. The Labute approximate surface area is 196 Å². The van der Waals surface area contributed by atoms with Crippen LogP contribution in [0.2, 0.25) is 10.2 Å². The molecule has 8 nitrogen and oxygen atoms in total. The number of hydrogen-bond donors (Lipinski definition) is 2. The largest absolute Gasteiger partial charge is 0.389 e. The molecule has 5 rings (SSSR count). The third kappa shape index (κ3) is 3.84. The minimum absolute atomic E-state index is 0.306. The van der Waals surface area contributed by atoms with E-state index >= 15 is 0 Å². The molecule has 170 valence electrons. The lowest BCUT2D eigenvalue weighted by Crippen LogP contribution is -2.56. The summed E-state index contributed by atoms with van der Waals surface area (Å²) in [6.45, 7) is 4.86. The van der Waals surface area contributed by atoms with Crippen LogP contribution in [0.4, 0.5) is 11.6 Å². The summed E-state index contributed by atoms with van der Waals surface area (Å²) in [6, 6.07) is 4.01. The molecule has 10 heteroatoms. The Bertz CT molecular complexity index is 1150. The summed E-state index contributed by atoms with van der Waals surface area (Å²) in [7, 11) is 1.77. The van der Waals surface area contributed by atoms with Crippen LogP contribution in [0, 0.1) is 0 Å². The summed E-state index contributed by atoms with van der Waals surface area (Å²) >= 11 is 12.9. The molecule has 0 amide bonds. The van der Waals surface area contributed by atoms with E-state index in [0.29, 0.717) is 35.9 Å². The first-order valence-corrected chi connectivity index (χ1v) is 11.5. The van der Waals surface area contributed by atoms with Crippen molar-refractivity contribution in [1.82, 2.24) is 24.6 Å². The number of hydrogen-bond acceptors (Lipinski definition) is 7. The van der Waals surface area contributed by atoms with Gasteiger partial charge in [-0.1, -0.05) is 23.2 Å². The smallest absolute Gasteiger partial charge is 0.227 e. The van der Waals surface area contributed by atoms with E-state index in [1.165, 1.54) is 0 Å². The molecule has 2 aromatic heterocycles. The molecule has 0 saturated carbocycles. The van der Waals surface area contributed by atoms with E-state index < -0.39 is 6.10 Å². The Balaban J connectivity index is 1.36. The van der Waals surface area contributed by atoms with Crippen molar-refractivity contribution >= 4 is 45.7 Å². The second-order valence-electron chi connectivity index (χ2n) is 8.87. The zero-order chi connectivity index (χ0) is 22.5. The topological polar surface area (TPSA) is 88.3 Å². The minimum atomic E-state index is -0.445. The maximum atomic E-state index is 10.4. The normalized spacial score (nSPS) is 25.0. The molecule has 2 atom stereocenters. The number of aromatic nitrogens is 4. The second-order valence-corrected chi connectivity index (χ2v) is 9.64. The lowest BCUT2D eigenvalue weighted by molar-refractivity contribution is -0.00211. The van der Waals surface area contributed by atoms with Gasteiger partial charge in [-0.25, -0.2) is 9.97 Å². The Kier molecular flexibility index (Phi) is 5.75. The van der Waals surface area contributed by atoms with Gasteiger partial charge in [0.15, 0.2) is 0 Å². The first kappa shape index (κ1) is 21.9. The third-order valence-corrected chi connectivity index (χ3v) is 7.63. The standard InChI is InChI=1S/C22H26Cl2N6O2/c1-22(12-32-11-19(22)31)30-5-3-13(4-6-30)15-8-17-14(7-16(15)23)9-25-21(27-17)28-18-10-26-29(2)20(18)24/h7-10,13,19,31H,3-6,11-12H2,1-2H3,(H,25,27,28)/t19-,22+/m1/s1. The molecule has 2 N–H and O–H groups in total. The van der Waals surface area contributed by atoms with Gasteiger partial charge in [0, 0.05) is 23.7 Å². The van der Waals surface area contributed by atoms with E-state index in [0.717, 1.165) is 47.4 Å². The summed E-state index contributed by atoms with van der Waals surface area (Å²) in [5.74, 6) is 0.795. The van der Waals surface area contributed by atoms with E-state index in [4.69, 9.17) is 27.9 Å². The molecule has 3 aromatic rings. The number of aliphatic hydroxyl groups excluding tert-OH is 1. The van der Waals surface area contributed by atoms with Gasteiger partial charge in [0.25, 0.3) is 0 Å². The monoisotopic (exact) mass is 476 g/mol. The van der Waals surface area contributed by atoms with Crippen LogP contribution >= 0.6 is 23.2 Å². The maximum absolute atomic E-state index is 10.4. The minimum Gasteiger partial charge on any atom is -0.389 e. The number of nitrogens with one attached hydrogen (secondary N) is 1. The number of anilines is 2. The molecular formula is C22H26Cl2N6O2. The fourth-order valence-corrected chi connectivity index (χ4v) is 5.19. The Morgan fingerprint density at radius 2 is 2.00 bits per heavy atom. The van der Waals surface area contributed by atoms with Crippen LogP contribution in [0.15, 0.2) is 24.5 Å². The predicted molar refractivity (Wildman–Crippen MR) is 125 cm³/mol. The van der Waals surface area contributed by atoms with Crippen LogP contribution in [-0.2, 0) is 11.8 Å². The molecule has 0 radical (unpaired) electrons. The molecule has 0 unspecified atom stereocenters. The molecule has 0 bridgehead atoms. The number of piperidine rings is 1. The number of aliphatic hydroxyl groups is 1. The molecule has 4 heterocycles. The average molecular weight is 477 g/mol. The fraction of sp³-hybridized carbons (Fsp3) is 0.500. The molecule has 2 aliphatic heterocycles. The maximum Gasteiger partial charge on any atom is 0.227 e. The number of aryl methyl sites for hydroxylation is 1. The highest BCUT2D eigenvalue weighted by molar-refractivity contribution is 6.32. The number of fused-ring (bicyclic) bond motifs is 1. The van der Waals surface area contributed by atoms with Crippen molar-refractivity contribution in [2.24, 2.45) is 7.05 Å². The van der Waals surface area contributed by atoms with E-state index in [1.807, 2.05) is 6.07 Å². The summed E-state index contributed by atoms with van der Waals surface area (Å²) in [4.78, 5) is 11.4. The van der Waals surface area contributed by atoms with Crippen LogP contribution in [0.1, 0.15) is 31.2 Å². The lowest BCUT2D eigenvalue weighted by atomic mass is 9.85. The molecule has 1 aromatic carbocycles. The summed E-state index contributed by atoms with van der Waals surface area (Å²) in [5.41, 5.74) is 2.29. The lowest BCUT2D eigenvalue weighted by Gasteiger charge is -2.43. The van der Waals surface area contributed by atoms with E-state index in [1.54, 1.807) is 24.1 Å². The second kappa shape index (κ2) is 8.43. The molecule has 0 spiro atoms. The van der Waals surface area contributed by atoms with E-state index in [9.17, 15) is 5.11 Å². The van der Waals surface area contributed by atoms with Crippen LogP contribution < -0.4 is 5.32 Å². The zero-order valence-corrected chi connectivity index (χ0v) is 19.6. The van der Waals surface area contributed by atoms with Gasteiger partial charge in [0.1, 0.15) is 5.15 Å². The summed E-state index contributed by atoms with van der Waals surface area (Å²) < 4.78 is 7.10. The Hall–Kier alpha value is -1.97. The summed E-state index contributed by atoms with van der Waals surface area (Å²) in [5, 5.41) is 19.8. The number of benzene rings is 1. The van der Waals surface area contributed by atoms with E-state index in [-0.39, 0.29) is 5.54 Å². The third-order valence-electron chi connectivity index (χ3n) is 6.86. The van der Waals surface area contributed by atoms with Crippen molar-refractivity contribution in [3.05, 3.63) is 40.3 Å². The van der Waals surface area contributed by atoms with Crippen LogP contribution in [0.5, 0.6) is 0 Å². The number of nitrogens with zero attached hydrogens (tertiary/aromatic N) is 5. The van der Waals surface area contributed by atoms with Crippen LogP contribution in [-0.4, -0.2) is 67.7 Å². The fourth-order valence-electron chi connectivity index (χ4n) is 4.72. The van der Waals surface area contributed by atoms with Crippen molar-refractivity contribution in [2.45, 2.75) is 37.3 Å². The number of halogens is 2. The highest BCUT2D eigenvalue weighted by Gasteiger charge is 2.45. The molecule has 2 fully saturated rings. The summed E-state index contributed by atoms with van der Waals surface area (Å²) in [6.07, 6.45) is 4.89. The molecule has 2 aliphatic rings. The van der Waals surface area contributed by atoms with Gasteiger partial charge in [-0.15, -0.1) is 0 Å². The average Bonchev–Trinajstić information content (AvgIpc) is 3.30. The van der Waals surface area contributed by atoms with Crippen molar-refractivity contribution in [3.8, 4) is 0 Å². The molecule has 32 heavy (non-hydrogen) atoms. The number of likely N-dealkylation sites (tertiary alicyclic amines) is 1. The van der Waals surface area contributed by atoms with Gasteiger partial charge in [-0.05, 0) is 56.5 Å². The SMILES string of the molecule is Cn1ncc(Nc2ncc3cc(Cl)c(C4CCN([C@@]5(C)COC[C@H]5O)CC4)cc3n2)c1Cl. The highest BCUT2D eigenvalue weighted by atomic mass is 35.5. The highest BCUT2D eigenvalue weighted by Crippen LogP contribution is 2.38. The van der Waals surface area contributed by atoms with Crippen molar-refractivity contribution in [2.75, 3.05) is 31.6 Å². The Morgan fingerprint density at radius 1 is 1.22 bits per heavy atom. The van der Waals surface area contributed by atoms with Gasteiger partial charge in [-0.2, -0.15) is 5.10 Å². The first-order chi connectivity index (χ1) is 15.3. The van der Waals surface area contributed by atoms with Crippen molar-refractivity contribution in [1.29, 1.82) is 0 Å². The molecule has 2 saturated heterocycles. The van der Waals surface area contributed by atoms with Crippen LogP contribution in [0.25, 0.3) is 10.9 Å². The van der Waals surface area contributed by atoms with Gasteiger partial charge < -0.3 is 15.2 Å². The van der Waals surface area contributed by atoms with Gasteiger partial charge in [-0.3, -0.25) is 9.58 Å². The predicted octanol–water partition coefficient (Wildman–Crippen LogP) is 3.74. The number of ether oxygens (including phenoxy) is 1. The van der Waals surface area contributed by atoms with Gasteiger partial charge in [0.2, 0.25) is 5.95 Å². The van der Waals surface area contributed by atoms with Crippen LogP contribution in [0.3, 0.4) is 0 Å². The van der Waals surface area contributed by atoms with Gasteiger partial charge in [0.05, 0.1) is 42.3 Å². The molecule has 0 aliphatic carbocycles. The zero-order valence-electron chi connectivity index (χ0n) is 18.1. The number of rotatable bonds is 4. The molecular weight excluding hydrogens is 451 g/mol. The van der Waals surface area contributed by atoms with Crippen molar-refractivity contribution < 1.29 is 9.84 Å². The van der Waals surface area contributed by atoms with E-state index in [2.05, 4.69) is 38.3 Å². The van der Waals surface area contributed by atoms with Crippen molar-refractivity contribution in [3.63, 3.8) is 0 Å². The Morgan fingerprint density at radius 3 is 2.66 bits per heavy atom.